The van der Waals surface area contributed by atoms with Crippen molar-refractivity contribution in [3.8, 4) is 11.4 Å². The third-order valence-electron chi connectivity index (χ3n) is 3.03. The van der Waals surface area contributed by atoms with E-state index in [0.29, 0.717) is 10.8 Å². The molecule has 92 valence electrons. The van der Waals surface area contributed by atoms with E-state index in [1.54, 1.807) is 11.8 Å². The summed E-state index contributed by atoms with van der Waals surface area (Å²) in [4.78, 5) is 19.3. The maximum absolute atomic E-state index is 11.9. The topological polar surface area (TPSA) is 45.8 Å². The fraction of sp³-hybridized carbons (Fsp3) is 0.231. The van der Waals surface area contributed by atoms with Crippen molar-refractivity contribution in [2.24, 2.45) is 0 Å². The van der Waals surface area contributed by atoms with Crippen LogP contribution in [0.1, 0.15) is 16.8 Å². The lowest BCUT2D eigenvalue weighted by Crippen LogP contribution is -2.15. The van der Waals surface area contributed by atoms with Gasteiger partial charge in [-0.1, -0.05) is 23.7 Å². The summed E-state index contributed by atoms with van der Waals surface area (Å²) in [6.07, 6.45) is 0. The number of benzene rings is 1. The molecule has 0 saturated heterocycles. The molecule has 0 fully saturated rings. The lowest BCUT2D eigenvalue weighted by molar-refractivity contribution is 1.03. The van der Waals surface area contributed by atoms with Gasteiger partial charge in [-0.15, -0.1) is 0 Å². The summed E-state index contributed by atoms with van der Waals surface area (Å²) < 4.78 is 0. The lowest BCUT2D eigenvalue weighted by Gasteiger charge is -2.05. The lowest BCUT2D eigenvalue weighted by atomic mass is 10.1. The second-order valence-corrected chi connectivity index (χ2v) is 5.69. The summed E-state index contributed by atoms with van der Waals surface area (Å²) in [6.45, 7) is 1.95. The van der Waals surface area contributed by atoms with Gasteiger partial charge in [-0.2, -0.15) is 11.8 Å². The molecule has 3 nitrogen and oxygen atoms in total. The molecule has 2 heterocycles. The number of nitrogens with zero attached hydrogens (tertiary/aromatic N) is 1. The number of fused-ring (bicyclic) bond motifs is 1. The Kier molecular flexibility index (Phi) is 2.92. The predicted molar refractivity (Wildman–Crippen MR) is 75.0 cm³/mol. The summed E-state index contributed by atoms with van der Waals surface area (Å²) >= 11 is 7.81. The molecule has 0 atom stereocenters. The van der Waals surface area contributed by atoms with E-state index in [2.05, 4.69) is 9.97 Å². The van der Waals surface area contributed by atoms with Gasteiger partial charge in [0.1, 0.15) is 5.82 Å². The third kappa shape index (κ3) is 1.95. The van der Waals surface area contributed by atoms with Crippen molar-refractivity contribution in [3.63, 3.8) is 0 Å². The van der Waals surface area contributed by atoms with Crippen molar-refractivity contribution in [1.82, 2.24) is 9.97 Å². The van der Waals surface area contributed by atoms with Gasteiger partial charge < -0.3 is 4.98 Å². The number of hydrogen-bond donors (Lipinski definition) is 1. The number of rotatable bonds is 1. The highest BCUT2D eigenvalue weighted by atomic mass is 35.5. The fourth-order valence-electron chi connectivity index (χ4n) is 1.94. The van der Waals surface area contributed by atoms with E-state index in [1.165, 1.54) is 0 Å². The van der Waals surface area contributed by atoms with Crippen LogP contribution in [-0.2, 0) is 11.5 Å². The Morgan fingerprint density at radius 3 is 3.00 bits per heavy atom. The molecule has 1 aliphatic heterocycles. The van der Waals surface area contributed by atoms with E-state index in [-0.39, 0.29) is 5.56 Å². The van der Waals surface area contributed by atoms with Gasteiger partial charge in [-0.3, -0.25) is 4.79 Å². The number of thioether (sulfide) groups is 1. The molecule has 1 aromatic carbocycles. The summed E-state index contributed by atoms with van der Waals surface area (Å²) in [7, 11) is 0. The number of aryl methyl sites for hydroxylation is 1. The highest BCUT2D eigenvalue weighted by molar-refractivity contribution is 7.98. The van der Waals surface area contributed by atoms with Crippen LogP contribution in [0.25, 0.3) is 11.4 Å². The maximum atomic E-state index is 11.9. The molecular weight excluding hydrogens is 268 g/mol. The van der Waals surface area contributed by atoms with Gasteiger partial charge in [0.25, 0.3) is 5.56 Å². The zero-order chi connectivity index (χ0) is 12.7. The molecular formula is C13H11ClN2OS. The summed E-state index contributed by atoms with van der Waals surface area (Å²) in [5.41, 5.74) is 3.54. The van der Waals surface area contributed by atoms with Crippen molar-refractivity contribution in [2.75, 3.05) is 0 Å². The number of aromatic nitrogens is 2. The van der Waals surface area contributed by atoms with Crippen LogP contribution in [0.4, 0.5) is 0 Å². The van der Waals surface area contributed by atoms with E-state index < -0.39 is 0 Å². The summed E-state index contributed by atoms with van der Waals surface area (Å²) in [6, 6.07) is 5.69. The van der Waals surface area contributed by atoms with Crippen LogP contribution in [0, 0.1) is 6.92 Å². The summed E-state index contributed by atoms with van der Waals surface area (Å²) in [5.74, 6) is 2.17. The molecule has 0 saturated carbocycles. The first-order valence-corrected chi connectivity index (χ1v) is 7.15. The number of aromatic amines is 1. The largest absolute Gasteiger partial charge is 0.306 e. The molecule has 0 spiro atoms. The van der Waals surface area contributed by atoms with Crippen molar-refractivity contribution < 1.29 is 0 Å². The van der Waals surface area contributed by atoms with Crippen molar-refractivity contribution in [3.05, 3.63) is 50.4 Å². The molecule has 3 rings (SSSR count). The Morgan fingerprint density at radius 1 is 1.39 bits per heavy atom. The van der Waals surface area contributed by atoms with Gasteiger partial charge in [0.2, 0.25) is 0 Å². The van der Waals surface area contributed by atoms with Gasteiger partial charge in [0.15, 0.2) is 0 Å². The number of nitrogens with one attached hydrogen (secondary N) is 1. The Bertz CT molecular complexity index is 681. The van der Waals surface area contributed by atoms with Gasteiger partial charge >= 0.3 is 0 Å². The minimum atomic E-state index is -0.0308. The van der Waals surface area contributed by atoms with E-state index in [4.69, 9.17) is 11.6 Å². The van der Waals surface area contributed by atoms with Crippen LogP contribution in [0.15, 0.2) is 23.0 Å². The zero-order valence-electron chi connectivity index (χ0n) is 9.79. The van der Waals surface area contributed by atoms with Gasteiger partial charge in [0, 0.05) is 27.7 Å². The normalized spacial score (nSPS) is 13.7. The smallest absolute Gasteiger partial charge is 0.255 e. The maximum Gasteiger partial charge on any atom is 0.255 e. The third-order valence-corrected chi connectivity index (χ3v) is 4.41. The number of H-pyrrole nitrogens is 1. The zero-order valence-corrected chi connectivity index (χ0v) is 11.4. The van der Waals surface area contributed by atoms with Crippen LogP contribution in [0.3, 0.4) is 0 Å². The highest BCUT2D eigenvalue weighted by Crippen LogP contribution is 2.28. The summed E-state index contributed by atoms with van der Waals surface area (Å²) in [5, 5.41) is 0.685. The van der Waals surface area contributed by atoms with Crippen LogP contribution >= 0.6 is 23.4 Å². The standard InChI is InChI=1S/C13H11ClN2OS/c1-7-2-3-8(4-10(7)14)12-15-11-6-18-5-9(11)13(17)16-12/h2-4H,5-6H2,1H3,(H,15,16,17). The van der Waals surface area contributed by atoms with Gasteiger partial charge in [0.05, 0.1) is 5.69 Å². The quantitative estimate of drug-likeness (QED) is 0.872. The Labute approximate surface area is 114 Å². The van der Waals surface area contributed by atoms with E-state index in [0.717, 1.165) is 33.9 Å². The molecule has 18 heavy (non-hydrogen) atoms. The van der Waals surface area contributed by atoms with Gasteiger partial charge in [-0.25, -0.2) is 4.98 Å². The molecule has 1 N–H and O–H groups in total. The second kappa shape index (κ2) is 4.44. The minimum Gasteiger partial charge on any atom is -0.306 e. The first-order chi connectivity index (χ1) is 8.65. The SMILES string of the molecule is Cc1ccc(-c2nc3c(c(=O)[nH]2)CSC3)cc1Cl. The molecule has 0 unspecified atom stereocenters. The van der Waals surface area contributed by atoms with Crippen LogP contribution in [-0.4, -0.2) is 9.97 Å². The van der Waals surface area contributed by atoms with E-state index in [9.17, 15) is 4.79 Å². The molecule has 0 aliphatic carbocycles. The average Bonchev–Trinajstić information content (AvgIpc) is 2.81. The van der Waals surface area contributed by atoms with Crippen molar-refractivity contribution in [1.29, 1.82) is 0 Å². The molecule has 2 aromatic rings. The fourth-order valence-corrected chi connectivity index (χ4v) is 3.16. The molecule has 0 bridgehead atoms. The van der Waals surface area contributed by atoms with Gasteiger partial charge in [-0.05, 0) is 18.6 Å². The van der Waals surface area contributed by atoms with Crippen LogP contribution < -0.4 is 5.56 Å². The molecule has 1 aliphatic rings. The molecule has 5 heteroatoms. The highest BCUT2D eigenvalue weighted by Gasteiger charge is 2.18. The van der Waals surface area contributed by atoms with E-state index in [1.807, 2.05) is 25.1 Å². The molecule has 0 amide bonds. The first-order valence-electron chi connectivity index (χ1n) is 5.61. The first kappa shape index (κ1) is 11.8. The Balaban J connectivity index is 2.15. The Morgan fingerprint density at radius 2 is 2.22 bits per heavy atom. The van der Waals surface area contributed by atoms with Crippen LogP contribution in [0.2, 0.25) is 5.02 Å². The predicted octanol–water partition coefficient (Wildman–Crippen LogP) is 3.15. The van der Waals surface area contributed by atoms with Crippen LogP contribution in [0.5, 0.6) is 0 Å². The second-order valence-electron chi connectivity index (χ2n) is 4.30. The average molecular weight is 279 g/mol. The van der Waals surface area contributed by atoms with E-state index >= 15 is 0 Å². The molecule has 0 radical (unpaired) electrons. The van der Waals surface area contributed by atoms with Crippen molar-refractivity contribution >= 4 is 23.4 Å². The monoisotopic (exact) mass is 278 g/mol. The van der Waals surface area contributed by atoms with Crippen molar-refractivity contribution in [2.45, 2.75) is 18.4 Å². The minimum absolute atomic E-state index is 0.0308. The number of halogens is 1. The molecule has 1 aromatic heterocycles. The number of hydrogen-bond acceptors (Lipinski definition) is 3. The Hall–Kier alpha value is -1.26.